The summed E-state index contributed by atoms with van der Waals surface area (Å²) in [5.41, 5.74) is 4.30. The fraction of sp³-hybridized carbons (Fsp3) is 0.188. The molecule has 2 nitrogen and oxygen atoms in total. The highest BCUT2D eigenvalue weighted by molar-refractivity contribution is 9.10. The topological polar surface area (TPSA) is 26.3 Å². The van der Waals surface area contributed by atoms with Gasteiger partial charge in [-0.15, -0.1) is 0 Å². The Morgan fingerprint density at radius 1 is 1.11 bits per heavy atom. The third kappa shape index (κ3) is 3.44. The highest BCUT2D eigenvalue weighted by Crippen LogP contribution is 2.26. The highest BCUT2D eigenvalue weighted by Gasteiger charge is 2.03. The molecule has 0 atom stereocenters. The van der Waals surface area contributed by atoms with Crippen LogP contribution in [0.15, 0.2) is 40.9 Å². The molecule has 0 aromatic heterocycles. The lowest BCUT2D eigenvalue weighted by Gasteiger charge is -2.10. The number of rotatable bonds is 4. The average molecular weight is 319 g/mol. The molecule has 98 valence electrons. The standard InChI is InChI=1S/C16H15BrO2/c1-11-3-4-14(7-12(11)2)10-19-16-6-5-13(9-18)8-15(16)17/h3-9H,10H2,1-2H3. The van der Waals surface area contributed by atoms with Crippen molar-refractivity contribution in [1.29, 1.82) is 0 Å². The van der Waals surface area contributed by atoms with E-state index in [0.29, 0.717) is 12.2 Å². The minimum atomic E-state index is 0.514. The molecular weight excluding hydrogens is 304 g/mol. The molecule has 0 saturated carbocycles. The maximum Gasteiger partial charge on any atom is 0.150 e. The van der Waals surface area contributed by atoms with Crippen LogP contribution >= 0.6 is 15.9 Å². The molecule has 19 heavy (non-hydrogen) atoms. The first-order chi connectivity index (χ1) is 9.10. The molecule has 0 bridgehead atoms. The monoisotopic (exact) mass is 318 g/mol. The molecule has 2 aromatic rings. The van der Waals surface area contributed by atoms with Crippen LogP contribution in [0, 0.1) is 13.8 Å². The molecule has 0 fully saturated rings. The number of benzene rings is 2. The zero-order chi connectivity index (χ0) is 13.8. The number of carbonyl (C=O) groups is 1. The second-order valence-corrected chi connectivity index (χ2v) is 5.37. The average Bonchev–Trinajstić information content (AvgIpc) is 2.41. The van der Waals surface area contributed by atoms with E-state index in [1.807, 2.05) is 0 Å². The van der Waals surface area contributed by atoms with E-state index in [1.165, 1.54) is 11.1 Å². The molecule has 0 spiro atoms. The van der Waals surface area contributed by atoms with E-state index in [9.17, 15) is 4.79 Å². The van der Waals surface area contributed by atoms with Gasteiger partial charge >= 0.3 is 0 Å². The van der Waals surface area contributed by atoms with Crippen LogP contribution in [-0.4, -0.2) is 6.29 Å². The van der Waals surface area contributed by atoms with Crippen molar-refractivity contribution in [2.24, 2.45) is 0 Å². The summed E-state index contributed by atoms with van der Waals surface area (Å²) in [6.45, 7) is 4.70. The van der Waals surface area contributed by atoms with Gasteiger partial charge in [0.1, 0.15) is 18.6 Å². The smallest absolute Gasteiger partial charge is 0.150 e. The van der Waals surface area contributed by atoms with E-state index in [2.05, 4.69) is 48.0 Å². The maximum atomic E-state index is 10.7. The lowest BCUT2D eigenvalue weighted by Crippen LogP contribution is -1.97. The van der Waals surface area contributed by atoms with Crippen molar-refractivity contribution in [2.45, 2.75) is 20.5 Å². The second-order valence-electron chi connectivity index (χ2n) is 4.51. The Balaban J connectivity index is 2.09. The summed E-state index contributed by atoms with van der Waals surface area (Å²) in [4.78, 5) is 10.7. The first-order valence-electron chi connectivity index (χ1n) is 6.04. The normalized spacial score (nSPS) is 10.3. The molecule has 0 aliphatic carbocycles. The molecule has 0 radical (unpaired) electrons. The van der Waals surface area contributed by atoms with Crippen LogP contribution in [-0.2, 0) is 6.61 Å². The molecule has 3 heteroatoms. The van der Waals surface area contributed by atoms with Gasteiger partial charge in [-0.1, -0.05) is 18.2 Å². The van der Waals surface area contributed by atoms with E-state index in [0.717, 1.165) is 22.1 Å². The number of aryl methyl sites for hydroxylation is 2. The van der Waals surface area contributed by atoms with Crippen LogP contribution in [0.4, 0.5) is 0 Å². The number of carbonyl (C=O) groups excluding carboxylic acids is 1. The molecule has 0 saturated heterocycles. The highest BCUT2D eigenvalue weighted by atomic mass is 79.9. The first-order valence-corrected chi connectivity index (χ1v) is 6.83. The number of halogens is 1. The summed E-state index contributed by atoms with van der Waals surface area (Å²) in [5.74, 6) is 0.740. The zero-order valence-corrected chi connectivity index (χ0v) is 12.5. The summed E-state index contributed by atoms with van der Waals surface area (Å²) < 4.78 is 6.55. The summed E-state index contributed by atoms with van der Waals surface area (Å²) >= 11 is 3.40. The van der Waals surface area contributed by atoms with Gasteiger partial charge in [0.15, 0.2) is 0 Å². The third-order valence-electron chi connectivity index (χ3n) is 3.06. The lowest BCUT2D eigenvalue weighted by molar-refractivity contribution is 0.112. The summed E-state index contributed by atoms with van der Waals surface area (Å²) in [5, 5.41) is 0. The van der Waals surface area contributed by atoms with Crippen molar-refractivity contribution in [3.63, 3.8) is 0 Å². The van der Waals surface area contributed by atoms with Gasteiger partial charge in [-0.25, -0.2) is 0 Å². The predicted molar refractivity (Wildman–Crippen MR) is 79.8 cm³/mol. The predicted octanol–water partition coefficient (Wildman–Crippen LogP) is 4.46. The Hall–Kier alpha value is -1.61. The van der Waals surface area contributed by atoms with E-state index in [4.69, 9.17) is 4.74 Å². The van der Waals surface area contributed by atoms with E-state index >= 15 is 0 Å². The number of aldehydes is 1. The van der Waals surface area contributed by atoms with Gasteiger partial charge in [-0.2, -0.15) is 0 Å². The van der Waals surface area contributed by atoms with Gasteiger partial charge in [-0.05, 0) is 64.7 Å². The Morgan fingerprint density at radius 3 is 2.53 bits per heavy atom. The van der Waals surface area contributed by atoms with Crippen LogP contribution in [0.3, 0.4) is 0 Å². The van der Waals surface area contributed by atoms with Crippen LogP contribution in [0.25, 0.3) is 0 Å². The third-order valence-corrected chi connectivity index (χ3v) is 3.68. The Bertz CT molecular complexity index is 606. The second kappa shape index (κ2) is 6.02. The van der Waals surface area contributed by atoms with E-state index in [1.54, 1.807) is 18.2 Å². The molecule has 2 aromatic carbocycles. The largest absolute Gasteiger partial charge is 0.488 e. The summed E-state index contributed by atoms with van der Waals surface area (Å²) in [6.07, 6.45) is 0.817. The van der Waals surface area contributed by atoms with Gasteiger partial charge in [0.2, 0.25) is 0 Å². The Morgan fingerprint density at radius 2 is 1.89 bits per heavy atom. The first kappa shape index (κ1) is 13.8. The van der Waals surface area contributed by atoms with E-state index < -0.39 is 0 Å². The molecule has 0 aliphatic heterocycles. The van der Waals surface area contributed by atoms with Crippen LogP contribution in [0.5, 0.6) is 5.75 Å². The maximum absolute atomic E-state index is 10.7. The molecule has 0 amide bonds. The molecular formula is C16H15BrO2. The van der Waals surface area contributed by atoms with Gasteiger partial charge in [0.25, 0.3) is 0 Å². The number of ether oxygens (including phenoxy) is 1. The fourth-order valence-electron chi connectivity index (χ4n) is 1.76. The van der Waals surface area contributed by atoms with Crippen molar-refractivity contribution in [2.75, 3.05) is 0 Å². The van der Waals surface area contributed by atoms with Gasteiger partial charge in [-0.3, -0.25) is 4.79 Å². The Kier molecular flexibility index (Phi) is 4.38. The molecule has 0 aliphatic rings. The van der Waals surface area contributed by atoms with Crippen LogP contribution in [0.1, 0.15) is 27.0 Å². The Labute approximate surface area is 121 Å². The molecule has 0 N–H and O–H groups in total. The van der Waals surface area contributed by atoms with Gasteiger partial charge < -0.3 is 4.74 Å². The summed E-state index contributed by atoms with van der Waals surface area (Å²) in [6, 6.07) is 11.6. The molecule has 0 heterocycles. The fourth-order valence-corrected chi connectivity index (χ4v) is 2.27. The van der Waals surface area contributed by atoms with Gasteiger partial charge in [0, 0.05) is 5.56 Å². The van der Waals surface area contributed by atoms with E-state index in [-0.39, 0.29) is 0 Å². The number of hydrogen-bond donors (Lipinski definition) is 0. The molecule has 2 rings (SSSR count). The zero-order valence-electron chi connectivity index (χ0n) is 10.9. The van der Waals surface area contributed by atoms with Gasteiger partial charge in [0.05, 0.1) is 4.47 Å². The van der Waals surface area contributed by atoms with Crippen molar-refractivity contribution in [3.8, 4) is 5.75 Å². The minimum Gasteiger partial charge on any atom is -0.488 e. The lowest BCUT2D eigenvalue weighted by atomic mass is 10.1. The quantitative estimate of drug-likeness (QED) is 0.778. The number of hydrogen-bond acceptors (Lipinski definition) is 2. The molecule has 0 unspecified atom stereocenters. The van der Waals surface area contributed by atoms with Crippen molar-refractivity contribution >= 4 is 22.2 Å². The minimum absolute atomic E-state index is 0.514. The van der Waals surface area contributed by atoms with Crippen molar-refractivity contribution < 1.29 is 9.53 Å². The van der Waals surface area contributed by atoms with Crippen LogP contribution in [0.2, 0.25) is 0 Å². The van der Waals surface area contributed by atoms with Crippen molar-refractivity contribution in [3.05, 3.63) is 63.1 Å². The SMILES string of the molecule is Cc1ccc(COc2ccc(C=O)cc2Br)cc1C. The van der Waals surface area contributed by atoms with Crippen molar-refractivity contribution in [1.82, 2.24) is 0 Å². The van der Waals surface area contributed by atoms with Crippen LogP contribution < -0.4 is 4.74 Å². The summed E-state index contributed by atoms with van der Waals surface area (Å²) in [7, 11) is 0.